The molecule has 68 heavy (non-hydrogen) atoms. The lowest BCUT2D eigenvalue weighted by Gasteiger charge is -2.20. The molecule has 4 heteroatoms. The Bertz CT molecular complexity index is 1170. The van der Waals surface area contributed by atoms with E-state index in [9.17, 15) is 15.0 Å². The van der Waals surface area contributed by atoms with Crippen molar-refractivity contribution in [1.82, 2.24) is 5.32 Å². The Balaban J connectivity index is 3.48. The van der Waals surface area contributed by atoms with E-state index >= 15 is 0 Å². The van der Waals surface area contributed by atoms with Crippen LogP contribution in [0.25, 0.3) is 0 Å². The van der Waals surface area contributed by atoms with Crippen molar-refractivity contribution in [3.05, 3.63) is 72.9 Å². The number of nitrogens with one attached hydrogen (secondary N) is 1. The fraction of sp³-hybridized carbons (Fsp3) is 0.797. The molecule has 3 N–H and O–H groups in total. The van der Waals surface area contributed by atoms with Gasteiger partial charge in [-0.2, -0.15) is 0 Å². The number of aliphatic hydroxyl groups is 2. The summed E-state index contributed by atoms with van der Waals surface area (Å²) in [5, 5.41) is 23.2. The van der Waals surface area contributed by atoms with Gasteiger partial charge in [0, 0.05) is 6.42 Å². The molecule has 0 aliphatic heterocycles. The van der Waals surface area contributed by atoms with Crippen LogP contribution in [-0.2, 0) is 4.79 Å². The summed E-state index contributed by atoms with van der Waals surface area (Å²) in [7, 11) is 0. The molecule has 0 aromatic carbocycles. The SMILES string of the molecule is CC/C=C\C/C=C\C/C=C\C/C=C\C/C=C\CCCCCCCCCCCCCCCCCCCC(=O)NC(CO)C(O)/C=C/CCCCCCCCCCCCCCCCCCCCCCC. The van der Waals surface area contributed by atoms with Crippen LogP contribution in [-0.4, -0.2) is 34.9 Å². The molecule has 0 fully saturated rings. The molecule has 0 heterocycles. The van der Waals surface area contributed by atoms with Crippen LogP contribution < -0.4 is 5.32 Å². The standard InChI is InChI=1S/C64H117NO3/c1-3-5-7-9-11-13-15-17-19-21-23-25-27-28-29-30-31-32-33-34-35-36-38-40-42-44-46-48-50-52-54-56-58-60-64(68)65-62(61-66)63(67)59-57-55-53-51-49-47-45-43-41-39-37-26-24-22-20-18-16-14-12-10-8-6-4-2/h5,7,11,13,17,19,23,25,28-29,57,59,62-63,66-67H,3-4,6,8-10,12,14-16,18,20-22,24,26-27,30-56,58,60-61H2,1-2H3,(H,65,68)/b7-5-,13-11-,19-17-,25-23-,29-28-,59-57+. The van der Waals surface area contributed by atoms with E-state index in [4.69, 9.17) is 0 Å². The van der Waals surface area contributed by atoms with E-state index < -0.39 is 12.1 Å². The summed E-state index contributed by atoms with van der Waals surface area (Å²) in [6.07, 6.45) is 85.1. The maximum absolute atomic E-state index is 12.5. The molecular weight excluding hydrogens is 831 g/mol. The maximum Gasteiger partial charge on any atom is 0.220 e. The average molecular weight is 949 g/mol. The molecule has 396 valence electrons. The molecular formula is C64H117NO3. The van der Waals surface area contributed by atoms with Gasteiger partial charge in [0.15, 0.2) is 0 Å². The van der Waals surface area contributed by atoms with Gasteiger partial charge in [0.05, 0.1) is 18.8 Å². The van der Waals surface area contributed by atoms with E-state index in [0.29, 0.717) is 6.42 Å². The Hall–Kier alpha value is -2.17. The first kappa shape index (κ1) is 65.8. The zero-order valence-corrected chi connectivity index (χ0v) is 45.6. The smallest absolute Gasteiger partial charge is 0.220 e. The third kappa shape index (κ3) is 54.8. The van der Waals surface area contributed by atoms with Crippen molar-refractivity contribution < 1.29 is 15.0 Å². The zero-order chi connectivity index (χ0) is 49.2. The molecule has 0 spiro atoms. The van der Waals surface area contributed by atoms with Crippen molar-refractivity contribution in [2.24, 2.45) is 0 Å². The highest BCUT2D eigenvalue weighted by Gasteiger charge is 2.18. The molecule has 0 rings (SSSR count). The Kier molecular flexibility index (Phi) is 57.3. The highest BCUT2D eigenvalue weighted by atomic mass is 16.3. The number of unbranched alkanes of at least 4 members (excludes halogenated alkanes) is 38. The predicted molar refractivity (Wildman–Crippen MR) is 304 cm³/mol. The number of amides is 1. The molecule has 1 amide bonds. The largest absolute Gasteiger partial charge is 0.394 e. The average Bonchev–Trinajstić information content (AvgIpc) is 3.34. The summed E-state index contributed by atoms with van der Waals surface area (Å²) < 4.78 is 0. The van der Waals surface area contributed by atoms with Crippen LogP contribution in [0.5, 0.6) is 0 Å². The van der Waals surface area contributed by atoms with Gasteiger partial charge in [-0.3, -0.25) is 4.79 Å². The van der Waals surface area contributed by atoms with Crippen LogP contribution in [0, 0.1) is 0 Å². The van der Waals surface area contributed by atoms with Gasteiger partial charge in [-0.15, -0.1) is 0 Å². The van der Waals surface area contributed by atoms with Crippen molar-refractivity contribution in [3.63, 3.8) is 0 Å². The molecule has 0 saturated carbocycles. The van der Waals surface area contributed by atoms with Crippen molar-refractivity contribution >= 4 is 5.91 Å². The van der Waals surface area contributed by atoms with E-state index in [2.05, 4.69) is 79.9 Å². The molecule has 4 nitrogen and oxygen atoms in total. The second-order valence-corrected chi connectivity index (χ2v) is 20.4. The van der Waals surface area contributed by atoms with Gasteiger partial charge in [0.1, 0.15) is 0 Å². The van der Waals surface area contributed by atoms with E-state index in [1.807, 2.05) is 6.08 Å². The Morgan fingerprint density at radius 3 is 0.971 bits per heavy atom. The molecule has 0 saturated heterocycles. The molecule has 0 aliphatic rings. The summed E-state index contributed by atoms with van der Waals surface area (Å²) in [5.74, 6) is -0.0612. The number of hydrogen-bond acceptors (Lipinski definition) is 3. The summed E-state index contributed by atoms with van der Waals surface area (Å²) >= 11 is 0. The number of carbonyl (C=O) groups is 1. The quantitative estimate of drug-likeness (QED) is 0.0420. The van der Waals surface area contributed by atoms with Crippen LogP contribution in [0.2, 0.25) is 0 Å². The minimum Gasteiger partial charge on any atom is -0.394 e. The summed E-state index contributed by atoms with van der Waals surface area (Å²) in [5.41, 5.74) is 0. The van der Waals surface area contributed by atoms with Crippen LogP contribution in [0.3, 0.4) is 0 Å². The third-order valence-electron chi connectivity index (χ3n) is 13.7. The van der Waals surface area contributed by atoms with Gasteiger partial charge in [-0.25, -0.2) is 0 Å². The molecule has 0 aliphatic carbocycles. The summed E-state index contributed by atoms with van der Waals surface area (Å²) in [6.45, 7) is 4.22. The minimum absolute atomic E-state index is 0.0612. The molecule has 0 bridgehead atoms. The van der Waals surface area contributed by atoms with Gasteiger partial charge in [0.25, 0.3) is 0 Å². The zero-order valence-electron chi connectivity index (χ0n) is 45.6. The Morgan fingerprint density at radius 1 is 0.368 bits per heavy atom. The maximum atomic E-state index is 12.5. The highest BCUT2D eigenvalue weighted by molar-refractivity contribution is 5.76. The van der Waals surface area contributed by atoms with Gasteiger partial charge in [-0.1, -0.05) is 311 Å². The van der Waals surface area contributed by atoms with Crippen molar-refractivity contribution in [1.29, 1.82) is 0 Å². The highest BCUT2D eigenvalue weighted by Crippen LogP contribution is 2.17. The first-order valence-corrected chi connectivity index (χ1v) is 30.2. The monoisotopic (exact) mass is 948 g/mol. The summed E-state index contributed by atoms with van der Waals surface area (Å²) in [6, 6.07) is -0.625. The predicted octanol–water partition coefficient (Wildman–Crippen LogP) is 20.1. The fourth-order valence-electron chi connectivity index (χ4n) is 9.15. The van der Waals surface area contributed by atoms with Crippen molar-refractivity contribution in [2.75, 3.05) is 6.61 Å². The third-order valence-corrected chi connectivity index (χ3v) is 13.7. The minimum atomic E-state index is -0.842. The Labute approximate surface area is 425 Å². The van der Waals surface area contributed by atoms with E-state index in [1.54, 1.807) is 6.08 Å². The second-order valence-electron chi connectivity index (χ2n) is 20.4. The van der Waals surface area contributed by atoms with E-state index in [0.717, 1.165) is 57.8 Å². The molecule has 0 aromatic rings. The molecule has 2 atom stereocenters. The van der Waals surface area contributed by atoms with Crippen molar-refractivity contribution in [2.45, 2.75) is 321 Å². The second kappa shape index (κ2) is 59.1. The molecule has 0 radical (unpaired) electrons. The van der Waals surface area contributed by atoms with Crippen LogP contribution in [0.4, 0.5) is 0 Å². The lowest BCUT2D eigenvalue weighted by atomic mass is 10.0. The fourth-order valence-corrected chi connectivity index (χ4v) is 9.15. The number of rotatable bonds is 55. The molecule has 2 unspecified atom stereocenters. The number of hydrogen-bond donors (Lipinski definition) is 3. The molecule has 0 aromatic heterocycles. The topological polar surface area (TPSA) is 69.6 Å². The normalized spacial score (nSPS) is 13.3. The number of carbonyl (C=O) groups excluding carboxylic acids is 1. The lowest BCUT2D eigenvalue weighted by Crippen LogP contribution is -2.45. The lowest BCUT2D eigenvalue weighted by molar-refractivity contribution is -0.123. The van der Waals surface area contributed by atoms with Gasteiger partial charge >= 0.3 is 0 Å². The van der Waals surface area contributed by atoms with E-state index in [-0.39, 0.29) is 12.5 Å². The van der Waals surface area contributed by atoms with Crippen LogP contribution in [0.15, 0.2) is 72.9 Å². The van der Waals surface area contributed by atoms with Crippen molar-refractivity contribution in [3.8, 4) is 0 Å². The number of allylic oxidation sites excluding steroid dienone is 11. The number of aliphatic hydroxyl groups excluding tert-OH is 2. The van der Waals surface area contributed by atoms with E-state index in [1.165, 1.54) is 231 Å². The first-order valence-electron chi connectivity index (χ1n) is 30.2. The summed E-state index contributed by atoms with van der Waals surface area (Å²) in [4.78, 5) is 12.5. The van der Waals surface area contributed by atoms with Crippen LogP contribution >= 0.6 is 0 Å². The Morgan fingerprint density at radius 2 is 0.647 bits per heavy atom. The van der Waals surface area contributed by atoms with Gasteiger partial charge in [0.2, 0.25) is 5.91 Å². The van der Waals surface area contributed by atoms with Gasteiger partial charge in [-0.05, 0) is 64.2 Å². The van der Waals surface area contributed by atoms with Gasteiger partial charge < -0.3 is 15.5 Å². The van der Waals surface area contributed by atoms with Crippen LogP contribution in [0.1, 0.15) is 309 Å². The first-order chi connectivity index (χ1) is 33.7.